The standard InChI is InChI=1S/C22H20O3/c1-22-12-11-16(13-17(22)14-22)21(23)15-3-5-19(6-4-15)25-20-9-7-18(24-2)8-10-20/h3-13,17H,14H2,1-2H3. The fraction of sp³-hybridized carbons (Fsp3) is 0.227. The predicted molar refractivity (Wildman–Crippen MR) is 97.3 cm³/mol. The van der Waals surface area contributed by atoms with Crippen LogP contribution in [0.2, 0.25) is 0 Å². The number of ketones is 1. The smallest absolute Gasteiger partial charge is 0.192 e. The average molecular weight is 332 g/mol. The minimum Gasteiger partial charge on any atom is -0.497 e. The monoisotopic (exact) mass is 332 g/mol. The molecular weight excluding hydrogens is 312 g/mol. The highest BCUT2D eigenvalue weighted by atomic mass is 16.5. The van der Waals surface area contributed by atoms with Crippen molar-refractivity contribution in [3.05, 3.63) is 77.9 Å². The van der Waals surface area contributed by atoms with E-state index >= 15 is 0 Å². The number of methoxy groups -OCH3 is 1. The third kappa shape index (κ3) is 3.10. The molecule has 2 aliphatic rings. The molecule has 0 saturated heterocycles. The van der Waals surface area contributed by atoms with Crippen LogP contribution in [0.5, 0.6) is 17.2 Å². The van der Waals surface area contributed by atoms with Crippen LogP contribution < -0.4 is 9.47 Å². The summed E-state index contributed by atoms with van der Waals surface area (Å²) < 4.78 is 10.9. The zero-order valence-corrected chi connectivity index (χ0v) is 14.4. The zero-order chi connectivity index (χ0) is 17.4. The van der Waals surface area contributed by atoms with Crippen LogP contribution in [-0.2, 0) is 0 Å². The molecule has 2 atom stereocenters. The Kier molecular flexibility index (Phi) is 3.72. The van der Waals surface area contributed by atoms with Gasteiger partial charge in [-0.15, -0.1) is 0 Å². The van der Waals surface area contributed by atoms with Crippen LogP contribution in [0.3, 0.4) is 0 Å². The van der Waals surface area contributed by atoms with Gasteiger partial charge in [-0.1, -0.05) is 25.2 Å². The van der Waals surface area contributed by atoms with Crippen LogP contribution in [0, 0.1) is 11.3 Å². The number of allylic oxidation sites excluding steroid dienone is 4. The van der Waals surface area contributed by atoms with Gasteiger partial charge in [0.05, 0.1) is 7.11 Å². The molecule has 2 unspecified atom stereocenters. The summed E-state index contributed by atoms with van der Waals surface area (Å²) in [7, 11) is 1.63. The second-order valence-electron chi connectivity index (χ2n) is 6.90. The number of benzene rings is 2. The van der Waals surface area contributed by atoms with E-state index in [1.54, 1.807) is 7.11 Å². The van der Waals surface area contributed by atoms with Crippen molar-refractivity contribution in [3.63, 3.8) is 0 Å². The first kappa shape index (κ1) is 15.7. The highest BCUT2D eigenvalue weighted by Gasteiger charge is 2.48. The van der Waals surface area contributed by atoms with Gasteiger partial charge < -0.3 is 9.47 Å². The Morgan fingerprint density at radius 1 is 1.00 bits per heavy atom. The summed E-state index contributed by atoms with van der Waals surface area (Å²) in [5.41, 5.74) is 1.77. The van der Waals surface area contributed by atoms with Crippen molar-refractivity contribution in [2.75, 3.05) is 7.11 Å². The Hall–Kier alpha value is -2.81. The quantitative estimate of drug-likeness (QED) is 0.707. The van der Waals surface area contributed by atoms with Crippen molar-refractivity contribution in [1.29, 1.82) is 0 Å². The van der Waals surface area contributed by atoms with Gasteiger partial charge in [-0.05, 0) is 66.3 Å². The molecule has 2 aromatic carbocycles. The molecule has 0 amide bonds. The van der Waals surface area contributed by atoms with E-state index in [1.807, 2.05) is 54.6 Å². The van der Waals surface area contributed by atoms with E-state index in [2.05, 4.69) is 19.1 Å². The second-order valence-corrected chi connectivity index (χ2v) is 6.90. The third-order valence-corrected chi connectivity index (χ3v) is 5.04. The summed E-state index contributed by atoms with van der Waals surface area (Å²) in [6.07, 6.45) is 7.40. The first-order valence-corrected chi connectivity index (χ1v) is 8.45. The van der Waals surface area contributed by atoms with E-state index in [0.29, 0.717) is 22.6 Å². The van der Waals surface area contributed by atoms with Crippen LogP contribution >= 0.6 is 0 Å². The maximum Gasteiger partial charge on any atom is 0.192 e. The lowest BCUT2D eigenvalue weighted by Crippen LogP contribution is -2.06. The largest absolute Gasteiger partial charge is 0.497 e. The molecule has 0 bridgehead atoms. The zero-order valence-electron chi connectivity index (χ0n) is 14.4. The number of hydrogen-bond acceptors (Lipinski definition) is 3. The summed E-state index contributed by atoms with van der Waals surface area (Å²) in [6.45, 7) is 2.23. The Morgan fingerprint density at radius 3 is 2.20 bits per heavy atom. The van der Waals surface area contributed by atoms with Crippen LogP contribution in [-0.4, -0.2) is 12.9 Å². The molecule has 0 heterocycles. The lowest BCUT2D eigenvalue weighted by Gasteiger charge is -2.11. The topological polar surface area (TPSA) is 35.5 Å². The van der Waals surface area contributed by atoms with E-state index in [-0.39, 0.29) is 5.78 Å². The maximum atomic E-state index is 12.6. The molecule has 1 saturated carbocycles. The lowest BCUT2D eigenvalue weighted by molar-refractivity contribution is 0.103. The number of rotatable bonds is 5. The molecule has 126 valence electrons. The fourth-order valence-electron chi connectivity index (χ4n) is 3.18. The lowest BCUT2D eigenvalue weighted by atomic mass is 9.93. The van der Waals surface area contributed by atoms with Gasteiger partial charge in [-0.3, -0.25) is 4.79 Å². The van der Waals surface area contributed by atoms with Crippen molar-refractivity contribution >= 4 is 5.78 Å². The Labute approximate surface area is 147 Å². The summed E-state index contributed by atoms with van der Waals surface area (Å²) in [5.74, 6) is 2.81. The maximum absolute atomic E-state index is 12.6. The molecule has 0 aromatic heterocycles. The number of Topliss-reactive ketones (excluding diaryl/α,β-unsaturated/α-hetero) is 1. The minimum atomic E-state index is 0.0706. The highest BCUT2D eigenvalue weighted by molar-refractivity contribution is 6.10. The van der Waals surface area contributed by atoms with E-state index in [9.17, 15) is 4.79 Å². The molecule has 3 nitrogen and oxygen atoms in total. The minimum absolute atomic E-state index is 0.0706. The molecule has 0 aliphatic heterocycles. The SMILES string of the molecule is COc1ccc(Oc2ccc(C(=O)C3=CC4CC4(C)C=C3)cc2)cc1. The predicted octanol–water partition coefficient (Wildman–Crippen LogP) is 5.19. The van der Waals surface area contributed by atoms with Crippen LogP contribution in [0.1, 0.15) is 23.7 Å². The van der Waals surface area contributed by atoms with Gasteiger partial charge in [0.2, 0.25) is 0 Å². The summed E-state index contributed by atoms with van der Waals surface area (Å²) in [6, 6.07) is 14.7. The first-order valence-electron chi connectivity index (χ1n) is 8.45. The van der Waals surface area contributed by atoms with Gasteiger partial charge in [0.25, 0.3) is 0 Å². The van der Waals surface area contributed by atoms with Gasteiger partial charge in [-0.25, -0.2) is 0 Å². The van der Waals surface area contributed by atoms with Gasteiger partial charge >= 0.3 is 0 Å². The molecular formula is C22H20O3. The molecule has 0 spiro atoms. The van der Waals surface area contributed by atoms with E-state index in [1.165, 1.54) is 0 Å². The van der Waals surface area contributed by atoms with Crippen molar-refractivity contribution in [3.8, 4) is 17.2 Å². The van der Waals surface area contributed by atoms with Gasteiger partial charge in [0.15, 0.2) is 5.78 Å². The fourth-order valence-corrected chi connectivity index (χ4v) is 3.18. The first-order chi connectivity index (χ1) is 12.1. The number of ether oxygens (including phenoxy) is 2. The third-order valence-electron chi connectivity index (χ3n) is 5.04. The Bertz CT molecular complexity index is 859. The molecule has 1 fully saturated rings. The molecule has 0 radical (unpaired) electrons. The summed E-state index contributed by atoms with van der Waals surface area (Å²) in [4.78, 5) is 12.6. The molecule has 4 rings (SSSR count). The van der Waals surface area contributed by atoms with Crippen LogP contribution in [0.15, 0.2) is 72.3 Å². The summed E-state index contributed by atoms with van der Waals surface area (Å²) in [5, 5.41) is 0. The van der Waals surface area contributed by atoms with Crippen molar-refractivity contribution in [2.24, 2.45) is 11.3 Å². The number of fused-ring (bicyclic) bond motifs is 1. The number of carbonyl (C=O) groups is 1. The molecule has 3 heteroatoms. The summed E-state index contributed by atoms with van der Waals surface area (Å²) >= 11 is 0. The van der Waals surface area contributed by atoms with Crippen molar-refractivity contribution in [2.45, 2.75) is 13.3 Å². The molecule has 2 aliphatic carbocycles. The van der Waals surface area contributed by atoms with E-state index in [0.717, 1.165) is 23.5 Å². The molecule has 2 aromatic rings. The van der Waals surface area contributed by atoms with Gasteiger partial charge in [-0.2, -0.15) is 0 Å². The molecule has 25 heavy (non-hydrogen) atoms. The Morgan fingerprint density at radius 2 is 1.60 bits per heavy atom. The van der Waals surface area contributed by atoms with Gasteiger partial charge in [0, 0.05) is 11.1 Å². The van der Waals surface area contributed by atoms with Crippen molar-refractivity contribution < 1.29 is 14.3 Å². The normalized spacial score (nSPS) is 23.4. The average Bonchev–Trinajstić information content (AvgIpc) is 3.33. The number of carbonyl (C=O) groups excluding carboxylic acids is 1. The number of hydrogen-bond donors (Lipinski definition) is 0. The van der Waals surface area contributed by atoms with E-state index in [4.69, 9.17) is 9.47 Å². The Balaban J connectivity index is 1.45. The van der Waals surface area contributed by atoms with Crippen molar-refractivity contribution in [1.82, 2.24) is 0 Å². The van der Waals surface area contributed by atoms with Crippen LogP contribution in [0.25, 0.3) is 0 Å². The van der Waals surface area contributed by atoms with E-state index < -0.39 is 0 Å². The van der Waals surface area contributed by atoms with Gasteiger partial charge in [0.1, 0.15) is 17.2 Å². The highest BCUT2D eigenvalue weighted by Crippen LogP contribution is 2.56. The van der Waals surface area contributed by atoms with Crippen LogP contribution in [0.4, 0.5) is 0 Å². The molecule has 0 N–H and O–H groups in total. The second kappa shape index (κ2) is 5.92.